The van der Waals surface area contributed by atoms with Crippen molar-refractivity contribution in [2.24, 2.45) is 0 Å². The second-order valence-corrected chi connectivity index (χ2v) is 6.43. The minimum Gasteiger partial charge on any atom is -0.468 e. The van der Waals surface area contributed by atoms with Crippen LogP contribution in [0.3, 0.4) is 0 Å². The highest BCUT2D eigenvalue weighted by molar-refractivity contribution is 8.00. The summed E-state index contributed by atoms with van der Waals surface area (Å²) >= 11 is 1.51. The molecule has 2 atom stereocenters. The lowest BCUT2D eigenvalue weighted by atomic mass is 9.81. The van der Waals surface area contributed by atoms with Gasteiger partial charge >= 0.3 is 5.97 Å². The summed E-state index contributed by atoms with van der Waals surface area (Å²) in [6.45, 7) is 0. The monoisotopic (exact) mass is 297 g/mol. The van der Waals surface area contributed by atoms with Crippen LogP contribution in [0.5, 0.6) is 0 Å². The minimum atomic E-state index is -0.629. The number of hydrogen-bond acceptors (Lipinski definition) is 4. The van der Waals surface area contributed by atoms with Gasteiger partial charge in [-0.15, -0.1) is 11.8 Å². The van der Waals surface area contributed by atoms with Crippen LogP contribution in [0.2, 0.25) is 0 Å². The van der Waals surface area contributed by atoms with Crippen LogP contribution in [0.1, 0.15) is 25.7 Å². The van der Waals surface area contributed by atoms with Gasteiger partial charge in [0, 0.05) is 10.1 Å². The number of likely N-dealkylation sites (N-methyl/N-ethyl adjacent to an activating group) is 1. The van der Waals surface area contributed by atoms with Gasteiger partial charge in [-0.3, -0.25) is 4.79 Å². The molecule has 0 radical (unpaired) electrons. The van der Waals surface area contributed by atoms with E-state index in [2.05, 4.69) is 5.32 Å². The molecule has 0 heterocycles. The van der Waals surface area contributed by atoms with E-state index in [1.807, 2.05) is 6.07 Å². The summed E-state index contributed by atoms with van der Waals surface area (Å²) in [7, 11) is 3.20. The average Bonchev–Trinajstić information content (AvgIpc) is 2.49. The van der Waals surface area contributed by atoms with Crippen molar-refractivity contribution in [3.05, 3.63) is 30.1 Å². The number of nitrogens with one attached hydrogen (secondary N) is 1. The molecule has 0 aromatic heterocycles. The normalized spacial score (nSPS) is 26.2. The van der Waals surface area contributed by atoms with Crippen LogP contribution < -0.4 is 5.32 Å². The molecule has 1 fully saturated rings. The van der Waals surface area contributed by atoms with Crippen molar-refractivity contribution in [2.45, 2.75) is 41.4 Å². The lowest BCUT2D eigenvalue weighted by Gasteiger charge is -2.38. The van der Waals surface area contributed by atoms with Crippen molar-refractivity contribution in [1.29, 1.82) is 0 Å². The summed E-state index contributed by atoms with van der Waals surface area (Å²) in [5.74, 6) is -0.421. The molecule has 1 saturated carbocycles. The molecule has 20 heavy (non-hydrogen) atoms. The zero-order valence-corrected chi connectivity index (χ0v) is 12.6. The van der Waals surface area contributed by atoms with E-state index in [1.54, 1.807) is 19.2 Å². The van der Waals surface area contributed by atoms with Crippen LogP contribution in [0.25, 0.3) is 0 Å². The Hall–Kier alpha value is -1.07. The van der Waals surface area contributed by atoms with Crippen molar-refractivity contribution >= 4 is 17.7 Å². The maximum Gasteiger partial charge on any atom is 0.326 e. The first-order chi connectivity index (χ1) is 9.61. The maximum absolute atomic E-state index is 13.7. The number of carbonyl (C=O) groups is 1. The van der Waals surface area contributed by atoms with Gasteiger partial charge in [0.2, 0.25) is 0 Å². The van der Waals surface area contributed by atoms with Crippen molar-refractivity contribution in [3.8, 4) is 0 Å². The van der Waals surface area contributed by atoms with Crippen molar-refractivity contribution < 1.29 is 13.9 Å². The molecule has 1 N–H and O–H groups in total. The molecular weight excluding hydrogens is 277 g/mol. The average molecular weight is 297 g/mol. The van der Waals surface area contributed by atoms with Gasteiger partial charge in [0.25, 0.3) is 0 Å². The summed E-state index contributed by atoms with van der Waals surface area (Å²) in [6.07, 6.45) is 3.35. The Kier molecular flexibility index (Phi) is 5.05. The third-order valence-electron chi connectivity index (χ3n) is 3.89. The zero-order valence-electron chi connectivity index (χ0n) is 11.8. The molecule has 3 nitrogen and oxygen atoms in total. The molecule has 0 saturated heterocycles. The standard InChI is InChI=1S/C15H20FNO2S/c1-17-15(14(18)19-2)9-5-6-11(10-15)20-13-8-4-3-7-12(13)16/h3-4,7-8,11,17H,5-6,9-10H2,1-2H3. The molecule has 0 spiro atoms. The van der Waals surface area contributed by atoms with E-state index >= 15 is 0 Å². The summed E-state index contributed by atoms with van der Waals surface area (Å²) < 4.78 is 18.6. The molecule has 5 heteroatoms. The number of thioether (sulfide) groups is 1. The quantitative estimate of drug-likeness (QED) is 0.867. The molecule has 1 aromatic rings. The Morgan fingerprint density at radius 3 is 2.90 bits per heavy atom. The van der Waals surface area contributed by atoms with Gasteiger partial charge in [0.15, 0.2) is 0 Å². The Morgan fingerprint density at radius 1 is 1.50 bits per heavy atom. The Labute approximate surface area is 123 Å². The number of hydrogen-bond donors (Lipinski definition) is 1. The van der Waals surface area contributed by atoms with Crippen LogP contribution >= 0.6 is 11.8 Å². The second-order valence-electron chi connectivity index (χ2n) is 5.09. The van der Waals surface area contributed by atoms with Gasteiger partial charge < -0.3 is 10.1 Å². The first-order valence-corrected chi connectivity index (χ1v) is 7.68. The molecule has 1 aliphatic carbocycles. The highest BCUT2D eigenvalue weighted by Crippen LogP contribution is 2.39. The number of halogens is 1. The fourth-order valence-electron chi connectivity index (χ4n) is 2.75. The highest BCUT2D eigenvalue weighted by atomic mass is 32.2. The van der Waals surface area contributed by atoms with E-state index in [4.69, 9.17) is 4.74 Å². The first kappa shape index (κ1) is 15.3. The molecular formula is C15H20FNO2S. The number of rotatable bonds is 4. The Bertz CT molecular complexity index is 483. The first-order valence-electron chi connectivity index (χ1n) is 6.80. The second kappa shape index (κ2) is 6.59. The predicted octanol–water partition coefficient (Wildman–Crippen LogP) is 2.99. The van der Waals surface area contributed by atoms with Crippen molar-refractivity contribution in [1.82, 2.24) is 5.32 Å². The lowest BCUT2D eigenvalue weighted by Crippen LogP contribution is -2.54. The molecule has 1 aliphatic rings. The molecule has 2 rings (SSSR count). The SMILES string of the molecule is CNC1(C(=O)OC)CCCC(Sc2ccccc2F)C1. The van der Waals surface area contributed by atoms with Gasteiger partial charge in [-0.2, -0.15) is 0 Å². The van der Waals surface area contributed by atoms with E-state index in [9.17, 15) is 9.18 Å². The third kappa shape index (κ3) is 3.15. The number of benzene rings is 1. The van der Waals surface area contributed by atoms with Gasteiger partial charge in [0.1, 0.15) is 11.4 Å². The molecule has 0 amide bonds. The Balaban J connectivity index is 2.10. The fraction of sp³-hybridized carbons (Fsp3) is 0.533. The number of carbonyl (C=O) groups excluding carboxylic acids is 1. The summed E-state index contributed by atoms with van der Waals surface area (Å²) in [5, 5.41) is 3.33. The summed E-state index contributed by atoms with van der Waals surface area (Å²) in [6, 6.07) is 6.77. The van der Waals surface area contributed by atoms with Gasteiger partial charge in [-0.05, 0) is 44.9 Å². The van der Waals surface area contributed by atoms with E-state index < -0.39 is 5.54 Å². The number of methoxy groups -OCH3 is 1. The third-order valence-corrected chi connectivity index (χ3v) is 5.21. The smallest absolute Gasteiger partial charge is 0.326 e. The topological polar surface area (TPSA) is 38.3 Å². The molecule has 0 bridgehead atoms. The number of esters is 1. The van der Waals surface area contributed by atoms with Gasteiger partial charge in [-0.1, -0.05) is 12.1 Å². The van der Waals surface area contributed by atoms with E-state index in [-0.39, 0.29) is 17.0 Å². The molecule has 1 aromatic carbocycles. The van der Waals surface area contributed by atoms with Crippen LogP contribution in [0.15, 0.2) is 29.2 Å². The van der Waals surface area contributed by atoms with Crippen molar-refractivity contribution in [2.75, 3.05) is 14.2 Å². The summed E-state index contributed by atoms with van der Waals surface area (Å²) in [5.41, 5.74) is -0.629. The van der Waals surface area contributed by atoms with Gasteiger partial charge in [-0.25, -0.2) is 4.39 Å². The van der Waals surface area contributed by atoms with Gasteiger partial charge in [0.05, 0.1) is 7.11 Å². The van der Waals surface area contributed by atoms with E-state index in [1.165, 1.54) is 24.9 Å². The fourth-order valence-corrected chi connectivity index (χ4v) is 4.10. The molecule has 110 valence electrons. The highest BCUT2D eigenvalue weighted by Gasteiger charge is 2.42. The minimum absolute atomic E-state index is 0.198. The predicted molar refractivity (Wildman–Crippen MR) is 78.3 cm³/mol. The molecule has 0 aliphatic heterocycles. The van der Waals surface area contributed by atoms with Crippen molar-refractivity contribution in [3.63, 3.8) is 0 Å². The lowest BCUT2D eigenvalue weighted by molar-refractivity contribution is -0.149. The van der Waals surface area contributed by atoms with E-state index in [0.29, 0.717) is 11.3 Å². The Morgan fingerprint density at radius 2 is 2.25 bits per heavy atom. The largest absolute Gasteiger partial charge is 0.468 e. The van der Waals surface area contributed by atoms with Crippen LogP contribution in [-0.2, 0) is 9.53 Å². The van der Waals surface area contributed by atoms with Crippen LogP contribution in [0.4, 0.5) is 4.39 Å². The van der Waals surface area contributed by atoms with E-state index in [0.717, 1.165) is 19.3 Å². The maximum atomic E-state index is 13.7. The zero-order chi connectivity index (χ0) is 14.6. The number of ether oxygens (including phenoxy) is 1. The molecule has 2 unspecified atom stereocenters. The van der Waals surface area contributed by atoms with Crippen LogP contribution in [0, 0.1) is 5.82 Å². The summed E-state index contributed by atoms with van der Waals surface area (Å²) in [4.78, 5) is 12.7. The van der Waals surface area contributed by atoms with Crippen LogP contribution in [-0.4, -0.2) is 30.9 Å².